The number of amides is 4. The standard InChI is InChI=1S/C44H47F3N6O8S/c45-44(46,47)27-18-16-25(17-19-27)37-49-35-31-13-8-9-15-34(31)61-36(35)40(50-37)60-29-22-33-39(55)51-43(42(57)52-62(58,59)30-20-21-30)23-28(43)12-4-2-1-3-5-14-32(41(56)53(33)24-29)48-38(54)26-10-6-7-11-26/h4,8-9,12-13,15-19,26,28-30,32-33H,1-3,5-7,10-11,14,20-24H2,(H,48,54)(H,51,55)(H,52,57)/b12-4-/t28-,29-,32+,33+,43-/m1/s1. The molecule has 62 heavy (non-hydrogen) atoms. The molecule has 4 heterocycles. The van der Waals surface area contributed by atoms with Gasteiger partial charge in [0.2, 0.25) is 33.3 Å². The van der Waals surface area contributed by atoms with E-state index >= 15 is 0 Å². The molecule has 0 unspecified atom stereocenters. The molecule has 18 heteroatoms. The van der Waals surface area contributed by atoms with Crippen LogP contribution in [0, 0.1) is 11.8 Å². The average molecular weight is 877 g/mol. The van der Waals surface area contributed by atoms with Crippen LogP contribution in [0.3, 0.4) is 0 Å². The van der Waals surface area contributed by atoms with E-state index < -0.39 is 74.4 Å². The van der Waals surface area contributed by atoms with Crippen LogP contribution in [0.5, 0.6) is 5.88 Å². The molecular formula is C44H47F3N6O8S. The minimum atomic E-state index is -4.56. The van der Waals surface area contributed by atoms with Crippen molar-refractivity contribution in [3.63, 3.8) is 0 Å². The Hall–Kier alpha value is -5.52. The molecule has 2 aromatic carbocycles. The van der Waals surface area contributed by atoms with Gasteiger partial charge in [0.25, 0.3) is 11.8 Å². The first-order chi connectivity index (χ1) is 29.7. The Morgan fingerprint density at radius 2 is 1.68 bits per heavy atom. The second-order valence-corrected chi connectivity index (χ2v) is 19.2. The number of hydrogen-bond donors (Lipinski definition) is 3. The van der Waals surface area contributed by atoms with E-state index in [2.05, 4.69) is 25.3 Å². The van der Waals surface area contributed by atoms with Crippen LogP contribution in [0.15, 0.2) is 65.1 Å². The summed E-state index contributed by atoms with van der Waals surface area (Å²) in [5.41, 5.74) is -1.24. The fourth-order valence-electron chi connectivity index (χ4n) is 9.07. The van der Waals surface area contributed by atoms with Crippen LogP contribution in [-0.2, 0) is 35.4 Å². The molecule has 0 spiro atoms. The highest BCUT2D eigenvalue weighted by molar-refractivity contribution is 7.91. The minimum Gasteiger partial charge on any atom is -0.470 e. The first-order valence-electron chi connectivity index (χ1n) is 21.4. The van der Waals surface area contributed by atoms with E-state index in [0.29, 0.717) is 48.6 Å². The topological polar surface area (TPSA) is 190 Å². The summed E-state index contributed by atoms with van der Waals surface area (Å²) in [6.45, 7) is -0.146. The Morgan fingerprint density at radius 3 is 2.42 bits per heavy atom. The fourth-order valence-corrected chi connectivity index (χ4v) is 10.4. The number of hydrogen-bond acceptors (Lipinski definition) is 10. The number of nitrogens with zero attached hydrogens (tertiary/aromatic N) is 3. The molecular weight excluding hydrogens is 830 g/mol. The molecule has 3 N–H and O–H groups in total. The van der Waals surface area contributed by atoms with Gasteiger partial charge in [0, 0.05) is 29.2 Å². The molecule has 4 aromatic rings. The molecule has 328 valence electrons. The number of alkyl halides is 3. The number of furan rings is 1. The number of carbonyl (C=O) groups excluding carboxylic acids is 4. The number of aromatic nitrogens is 2. The van der Waals surface area contributed by atoms with Gasteiger partial charge in [-0.25, -0.2) is 13.4 Å². The molecule has 9 rings (SSSR count). The number of para-hydroxylation sites is 1. The zero-order valence-electron chi connectivity index (χ0n) is 33.8. The number of carbonyl (C=O) groups is 4. The summed E-state index contributed by atoms with van der Waals surface area (Å²) in [7, 11) is -3.96. The lowest BCUT2D eigenvalue weighted by molar-refractivity contribution is -0.143. The molecule has 0 radical (unpaired) electrons. The first kappa shape index (κ1) is 41.8. The van der Waals surface area contributed by atoms with E-state index in [9.17, 15) is 40.8 Å². The van der Waals surface area contributed by atoms with Crippen LogP contribution >= 0.6 is 0 Å². The average Bonchev–Trinajstić information content (AvgIpc) is 4.03. The SMILES string of the molecule is O=C(N[C@H]1CCCCC/C=C\[C@@H]2C[C@@]2(C(=O)NS(=O)(=O)C2CC2)NC(=O)[C@@H]2C[C@@H](Oc3nc(-c4ccc(C(F)(F)F)cc4)nc4c3oc3ccccc34)CN2C1=O)C1CCCC1. The maximum absolute atomic E-state index is 14.8. The molecule has 3 saturated carbocycles. The maximum Gasteiger partial charge on any atom is 0.416 e. The third-order valence-electron chi connectivity index (χ3n) is 12.8. The first-order valence-corrected chi connectivity index (χ1v) is 22.9. The molecule has 4 amide bonds. The predicted octanol–water partition coefficient (Wildman–Crippen LogP) is 6.09. The molecule has 3 aliphatic carbocycles. The lowest BCUT2D eigenvalue weighted by Gasteiger charge is -2.30. The Kier molecular flexibility index (Phi) is 11.0. The molecule has 1 saturated heterocycles. The highest BCUT2D eigenvalue weighted by atomic mass is 32.2. The van der Waals surface area contributed by atoms with Crippen molar-refractivity contribution in [2.24, 2.45) is 11.8 Å². The highest BCUT2D eigenvalue weighted by Gasteiger charge is 2.62. The van der Waals surface area contributed by atoms with Crippen molar-refractivity contribution in [3.8, 4) is 17.3 Å². The summed E-state index contributed by atoms with van der Waals surface area (Å²) in [6, 6.07) is 9.23. The van der Waals surface area contributed by atoms with Gasteiger partial charge in [0.15, 0.2) is 5.82 Å². The summed E-state index contributed by atoms with van der Waals surface area (Å²) in [4.78, 5) is 67.4. The Labute approximate surface area is 355 Å². The monoisotopic (exact) mass is 876 g/mol. The Morgan fingerprint density at radius 1 is 0.935 bits per heavy atom. The number of halogens is 3. The minimum absolute atomic E-state index is 0.0473. The number of nitrogens with one attached hydrogen (secondary N) is 3. The van der Waals surface area contributed by atoms with Crippen molar-refractivity contribution in [1.82, 2.24) is 30.2 Å². The van der Waals surface area contributed by atoms with E-state index in [0.717, 1.165) is 50.7 Å². The number of allylic oxidation sites excluding steroid dienone is 1. The molecule has 0 bridgehead atoms. The number of benzene rings is 2. The smallest absolute Gasteiger partial charge is 0.416 e. The van der Waals surface area contributed by atoms with Gasteiger partial charge < -0.3 is 24.7 Å². The summed E-state index contributed by atoms with van der Waals surface area (Å²) in [5.74, 6) is -2.99. The van der Waals surface area contributed by atoms with Gasteiger partial charge in [-0.3, -0.25) is 23.9 Å². The third-order valence-corrected chi connectivity index (χ3v) is 14.6. The largest absolute Gasteiger partial charge is 0.470 e. The van der Waals surface area contributed by atoms with Gasteiger partial charge in [-0.15, -0.1) is 0 Å². The maximum atomic E-state index is 14.8. The molecule has 2 aliphatic heterocycles. The molecule has 5 aliphatic rings. The predicted molar refractivity (Wildman–Crippen MR) is 219 cm³/mol. The highest BCUT2D eigenvalue weighted by Crippen LogP contribution is 2.46. The van der Waals surface area contributed by atoms with Crippen LogP contribution in [0.4, 0.5) is 13.2 Å². The van der Waals surface area contributed by atoms with E-state index in [4.69, 9.17) is 9.15 Å². The van der Waals surface area contributed by atoms with Crippen molar-refractivity contribution in [2.45, 2.75) is 119 Å². The van der Waals surface area contributed by atoms with Crippen molar-refractivity contribution >= 4 is 55.7 Å². The van der Waals surface area contributed by atoms with Gasteiger partial charge in [-0.05, 0) is 75.6 Å². The van der Waals surface area contributed by atoms with Crippen LogP contribution in [-0.4, -0.2) is 82.4 Å². The van der Waals surface area contributed by atoms with Gasteiger partial charge >= 0.3 is 6.18 Å². The second-order valence-electron chi connectivity index (χ2n) is 17.2. The fraction of sp³-hybridized carbons (Fsp3) is 0.500. The van der Waals surface area contributed by atoms with E-state index in [-0.39, 0.29) is 54.1 Å². The lowest BCUT2D eigenvalue weighted by atomic mass is 10.0. The second kappa shape index (κ2) is 16.3. The molecule has 5 atom stereocenters. The molecule has 2 aromatic heterocycles. The van der Waals surface area contributed by atoms with E-state index in [1.54, 1.807) is 24.3 Å². The van der Waals surface area contributed by atoms with Crippen LogP contribution in [0.25, 0.3) is 33.5 Å². The Bertz CT molecular complexity index is 2550. The quantitative estimate of drug-likeness (QED) is 0.175. The number of sulfonamides is 1. The van der Waals surface area contributed by atoms with Crippen molar-refractivity contribution in [1.29, 1.82) is 0 Å². The Balaban J connectivity index is 1.06. The summed E-state index contributed by atoms with van der Waals surface area (Å²) < 4.78 is 81.2. The van der Waals surface area contributed by atoms with Gasteiger partial charge in [0.05, 0.1) is 17.4 Å². The number of fused-ring (bicyclic) bond motifs is 5. The summed E-state index contributed by atoms with van der Waals surface area (Å²) >= 11 is 0. The zero-order chi connectivity index (χ0) is 43.4. The van der Waals surface area contributed by atoms with Crippen LogP contribution < -0.4 is 20.1 Å². The molecule has 14 nitrogen and oxygen atoms in total. The van der Waals surface area contributed by atoms with Crippen LogP contribution in [0.2, 0.25) is 0 Å². The normalized spacial score (nSPS) is 26.9. The number of ether oxygens (including phenoxy) is 1. The summed E-state index contributed by atoms with van der Waals surface area (Å²) in [5, 5.41) is 5.78. The zero-order valence-corrected chi connectivity index (χ0v) is 34.6. The van der Waals surface area contributed by atoms with Crippen LogP contribution in [0.1, 0.15) is 89.0 Å². The van der Waals surface area contributed by atoms with E-state index in [1.165, 1.54) is 17.0 Å². The van der Waals surface area contributed by atoms with Crippen molar-refractivity contribution < 1.29 is 49.9 Å². The molecule has 4 fully saturated rings. The van der Waals surface area contributed by atoms with E-state index in [1.807, 2.05) is 12.2 Å². The number of rotatable bonds is 8. The van der Waals surface area contributed by atoms with Crippen molar-refractivity contribution in [2.75, 3.05) is 6.54 Å². The van der Waals surface area contributed by atoms with Crippen molar-refractivity contribution in [3.05, 3.63) is 66.2 Å². The van der Waals surface area contributed by atoms with Gasteiger partial charge in [-0.1, -0.05) is 62.1 Å². The van der Waals surface area contributed by atoms with Gasteiger partial charge in [0.1, 0.15) is 34.8 Å². The summed E-state index contributed by atoms with van der Waals surface area (Å²) in [6.07, 6.45) is 5.61. The third kappa shape index (κ3) is 8.37. The van der Waals surface area contributed by atoms with Gasteiger partial charge in [-0.2, -0.15) is 18.2 Å². The lowest BCUT2D eigenvalue weighted by Crippen LogP contribution is -2.58.